The van der Waals surface area contributed by atoms with Gasteiger partial charge in [-0.3, -0.25) is 4.79 Å². The SMILES string of the molecule is CSc1ccc(C(=O)N[C@H]2CCOC[C@H]2C2CCOCC2)cc1. The van der Waals surface area contributed by atoms with E-state index in [-0.39, 0.29) is 11.9 Å². The van der Waals surface area contributed by atoms with Crippen molar-refractivity contribution < 1.29 is 14.3 Å². The number of benzene rings is 1. The zero-order valence-electron chi connectivity index (χ0n) is 13.6. The summed E-state index contributed by atoms with van der Waals surface area (Å²) in [5.74, 6) is 1.02. The van der Waals surface area contributed by atoms with E-state index in [1.807, 2.05) is 30.5 Å². The summed E-state index contributed by atoms with van der Waals surface area (Å²) < 4.78 is 11.2. The Balaban J connectivity index is 1.64. The van der Waals surface area contributed by atoms with Crippen LogP contribution in [0, 0.1) is 11.8 Å². The van der Waals surface area contributed by atoms with Gasteiger partial charge >= 0.3 is 0 Å². The number of rotatable bonds is 4. The topological polar surface area (TPSA) is 47.6 Å². The molecule has 3 rings (SSSR count). The van der Waals surface area contributed by atoms with Crippen LogP contribution in [0.1, 0.15) is 29.6 Å². The van der Waals surface area contributed by atoms with Gasteiger partial charge in [-0.1, -0.05) is 0 Å². The molecule has 0 bridgehead atoms. The van der Waals surface area contributed by atoms with E-state index in [1.54, 1.807) is 11.8 Å². The molecule has 4 nitrogen and oxygen atoms in total. The van der Waals surface area contributed by atoms with Crippen LogP contribution in [0.15, 0.2) is 29.2 Å². The Morgan fingerprint density at radius 2 is 1.78 bits per heavy atom. The van der Waals surface area contributed by atoms with Gasteiger partial charge in [0.05, 0.1) is 6.61 Å². The molecule has 1 aromatic rings. The Kier molecular flexibility index (Phi) is 5.97. The average molecular weight is 335 g/mol. The summed E-state index contributed by atoms with van der Waals surface area (Å²) in [4.78, 5) is 13.7. The maximum atomic E-state index is 12.6. The van der Waals surface area contributed by atoms with Crippen molar-refractivity contribution >= 4 is 17.7 Å². The number of carbonyl (C=O) groups is 1. The maximum Gasteiger partial charge on any atom is 0.251 e. The fourth-order valence-electron chi connectivity index (χ4n) is 3.54. The van der Waals surface area contributed by atoms with Crippen molar-refractivity contribution in [3.05, 3.63) is 29.8 Å². The van der Waals surface area contributed by atoms with Crippen LogP contribution in [-0.4, -0.2) is 44.6 Å². The number of hydrogen-bond acceptors (Lipinski definition) is 4. The number of carbonyl (C=O) groups excluding carboxylic acids is 1. The van der Waals surface area contributed by atoms with E-state index in [2.05, 4.69) is 5.32 Å². The molecule has 0 aromatic heterocycles. The molecule has 0 saturated carbocycles. The van der Waals surface area contributed by atoms with Gasteiger partial charge < -0.3 is 14.8 Å². The molecule has 0 aliphatic carbocycles. The van der Waals surface area contributed by atoms with Crippen LogP contribution in [-0.2, 0) is 9.47 Å². The minimum absolute atomic E-state index is 0.0293. The summed E-state index contributed by atoms with van der Waals surface area (Å²) >= 11 is 1.68. The van der Waals surface area contributed by atoms with Gasteiger partial charge in [0.25, 0.3) is 5.91 Å². The van der Waals surface area contributed by atoms with E-state index in [0.29, 0.717) is 11.8 Å². The molecule has 2 heterocycles. The second kappa shape index (κ2) is 8.18. The van der Waals surface area contributed by atoms with Crippen molar-refractivity contribution in [3.8, 4) is 0 Å². The highest BCUT2D eigenvalue weighted by Crippen LogP contribution is 2.30. The Bertz CT molecular complexity index is 514. The fourth-order valence-corrected chi connectivity index (χ4v) is 3.95. The molecule has 5 heteroatoms. The lowest BCUT2D eigenvalue weighted by molar-refractivity contribution is -0.0259. The molecule has 2 fully saturated rings. The normalized spacial score (nSPS) is 26.0. The molecule has 23 heavy (non-hydrogen) atoms. The van der Waals surface area contributed by atoms with Crippen molar-refractivity contribution in [3.63, 3.8) is 0 Å². The van der Waals surface area contributed by atoms with E-state index in [4.69, 9.17) is 9.47 Å². The first-order valence-corrected chi connectivity index (χ1v) is 9.61. The van der Waals surface area contributed by atoms with Gasteiger partial charge in [0, 0.05) is 42.2 Å². The molecule has 126 valence electrons. The summed E-state index contributed by atoms with van der Waals surface area (Å²) in [6, 6.07) is 8.02. The first-order chi connectivity index (χ1) is 11.3. The van der Waals surface area contributed by atoms with Crippen LogP contribution in [0.25, 0.3) is 0 Å². The van der Waals surface area contributed by atoms with Crippen molar-refractivity contribution in [2.24, 2.45) is 11.8 Å². The predicted molar refractivity (Wildman–Crippen MR) is 91.9 cm³/mol. The first-order valence-electron chi connectivity index (χ1n) is 8.38. The molecular formula is C18H25NO3S. The lowest BCUT2D eigenvalue weighted by Gasteiger charge is -2.39. The third kappa shape index (κ3) is 4.28. The summed E-state index contributed by atoms with van der Waals surface area (Å²) in [5.41, 5.74) is 0.736. The molecule has 2 saturated heterocycles. The van der Waals surface area contributed by atoms with Crippen molar-refractivity contribution in [1.29, 1.82) is 0 Å². The lowest BCUT2D eigenvalue weighted by atomic mass is 9.79. The van der Waals surface area contributed by atoms with E-state index >= 15 is 0 Å². The largest absolute Gasteiger partial charge is 0.381 e. The second-order valence-electron chi connectivity index (χ2n) is 6.29. The standard InChI is InChI=1S/C18H25NO3S/c1-23-15-4-2-14(3-5-15)18(20)19-17-8-11-22-12-16(17)13-6-9-21-10-7-13/h2-5,13,16-17H,6-12H2,1H3,(H,19,20)/t16-,17-/m0/s1. The van der Waals surface area contributed by atoms with Crippen LogP contribution in [0.5, 0.6) is 0 Å². The van der Waals surface area contributed by atoms with Crippen molar-refractivity contribution in [2.75, 3.05) is 32.7 Å². The quantitative estimate of drug-likeness (QED) is 0.860. The van der Waals surface area contributed by atoms with Crippen LogP contribution in [0.4, 0.5) is 0 Å². The Morgan fingerprint density at radius 1 is 1.09 bits per heavy atom. The van der Waals surface area contributed by atoms with Crippen molar-refractivity contribution in [2.45, 2.75) is 30.2 Å². The highest BCUT2D eigenvalue weighted by Gasteiger charge is 2.34. The van der Waals surface area contributed by atoms with E-state index in [0.717, 1.165) is 51.3 Å². The smallest absolute Gasteiger partial charge is 0.251 e. The zero-order chi connectivity index (χ0) is 16.1. The maximum absolute atomic E-state index is 12.6. The molecule has 1 aromatic carbocycles. The molecule has 1 amide bonds. The molecule has 0 unspecified atom stereocenters. The summed E-state index contributed by atoms with van der Waals surface area (Å²) in [6.07, 6.45) is 5.08. The number of amides is 1. The summed E-state index contributed by atoms with van der Waals surface area (Å²) in [5, 5.41) is 3.25. The minimum Gasteiger partial charge on any atom is -0.381 e. The van der Waals surface area contributed by atoms with Crippen molar-refractivity contribution in [1.82, 2.24) is 5.32 Å². The minimum atomic E-state index is 0.0293. The molecule has 2 atom stereocenters. The van der Waals surface area contributed by atoms with Gasteiger partial charge in [-0.05, 0) is 55.7 Å². The highest BCUT2D eigenvalue weighted by molar-refractivity contribution is 7.98. The Morgan fingerprint density at radius 3 is 2.48 bits per heavy atom. The van der Waals surface area contributed by atoms with Crippen LogP contribution in [0.2, 0.25) is 0 Å². The number of thioether (sulfide) groups is 1. The number of hydrogen-bond donors (Lipinski definition) is 1. The van der Waals surface area contributed by atoms with E-state index < -0.39 is 0 Å². The summed E-state index contributed by atoms with van der Waals surface area (Å²) in [7, 11) is 0. The van der Waals surface area contributed by atoms with Gasteiger partial charge in [-0.15, -0.1) is 11.8 Å². The third-order valence-electron chi connectivity index (χ3n) is 4.94. The molecule has 1 N–H and O–H groups in total. The third-order valence-corrected chi connectivity index (χ3v) is 5.68. The molecule has 0 radical (unpaired) electrons. The van der Waals surface area contributed by atoms with E-state index in [1.165, 1.54) is 4.90 Å². The molecule has 2 aliphatic heterocycles. The zero-order valence-corrected chi connectivity index (χ0v) is 14.4. The first kappa shape index (κ1) is 16.8. The van der Waals surface area contributed by atoms with Gasteiger partial charge in [-0.25, -0.2) is 0 Å². The van der Waals surface area contributed by atoms with Gasteiger partial charge in [0.2, 0.25) is 0 Å². The van der Waals surface area contributed by atoms with E-state index in [9.17, 15) is 4.79 Å². The van der Waals surface area contributed by atoms with Gasteiger partial charge in [0.15, 0.2) is 0 Å². The lowest BCUT2D eigenvalue weighted by Crippen LogP contribution is -2.49. The monoisotopic (exact) mass is 335 g/mol. The average Bonchev–Trinajstić information content (AvgIpc) is 2.63. The van der Waals surface area contributed by atoms with Gasteiger partial charge in [0.1, 0.15) is 0 Å². The molecule has 0 spiro atoms. The Labute approximate surface area is 142 Å². The number of ether oxygens (including phenoxy) is 2. The van der Waals surface area contributed by atoms with Crippen LogP contribution in [0.3, 0.4) is 0 Å². The molecule has 2 aliphatic rings. The molecular weight excluding hydrogens is 310 g/mol. The fraction of sp³-hybridized carbons (Fsp3) is 0.611. The highest BCUT2D eigenvalue weighted by atomic mass is 32.2. The van der Waals surface area contributed by atoms with Crippen LogP contribution >= 0.6 is 11.8 Å². The summed E-state index contributed by atoms with van der Waals surface area (Å²) in [6.45, 7) is 3.15. The number of nitrogens with one attached hydrogen (secondary N) is 1. The second-order valence-corrected chi connectivity index (χ2v) is 7.17. The van der Waals surface area contributed by atoms with Gasteiger partial charge in [-0.2, -0.15) is 0 Å². The van der Waals surface area contributed by atoms with Crippen LogP contribution < -0.4 is 5.32 Å². The predicted octanol–water partition coefficient (Wildman–Crippen LogP) is 2.97. The Hall–Kier alpha value is -1.04.